The first-order valence-corrected chi connectivity index (χ1v) is 24.3. The predicted octanol–water partition coefficient (Wildman–Crippen LogP) is 12.3. The van der Waals surface area contributed by atoms with E-state index in [1.807, 2.05) is 30.3 Å². The van der Waals surface area contributed by atoms with Gasteiger partial charge in [0.1, 0.15) is 31.0 Å². The molecule has 0 aromatic heterocycles. The van der Waals surface area contributed by atoms with Gasteiger partial charge in [0.25, 0.3) is 0 Å². The molecule has 0 saturated carbocycles. The number of unbranched alkanes of at least 4 members (excludes halogenated alkanes) is 18. The average molecular weight is 919 g/mol. The van der Waals surface area contributed by atoms with Crippen LogP contribution in [0, 0.1) is 0 Å². The normalized spacial score (nSPS) is 21.9. The molecular formula is C47H74Cl3NO10. The summed E-state index contributed by atoms with van der Waals surface area (Å²) in [5.41, 5.74) is 0.744. The van der Waals surface area contributed by atoms with E-state index in [2.05, 4.69) is 25.7 Å². The number of esters is 2. The molecule has 0 bridgehead atoms. The predicted molar refractivity (Wildman–Crippen MR) is 241 cm³/mol. The number of carbonyl (C=O) groups is 3. The zero-order valence-corrected chi connectivity index (χ0v) is 39.1. The molecule has 11 nitrogen and oxygen atoms in total. The number of hydrogen-bond acceptors (Lipinski definition) is 10. The molecular weight excluding hydrogens is 845 g/mol. The highest BCUT2D eigenvalue weighted by atomic mass is 35.6. The number of halogens is 3. The molecule has 2 saturated heterocycles. The van der Waals surface area contributed by atoms with Crippen molar-refractivity contribution in [3.63, 3.8) is 0 Å². The van der Waals surface area contributed by atoms with Gasteiger partial charge in [0.2, 0.25) is 3.79 Å². The van der Waals surface area contributed by atoms with E-state index in [9.17, 15) is 14.4 Å². The largest absolute Gasteiger partial charge is 0.462 e. The van der Waals surface area contributed by atoms with Gasteiger partial charge in [-0.2, -0.15) is 0 Å². The van der Waals surface area contributed by atoms with Gasteiger partial charge in [-0.15, -0.1) is 6.58 Å². The van der Waals surface area contributed by atoms with Crippen LogP contribution in [0.1, 0.15) is 173 Å². The molecule has 2 fully saturated rings. The Hall–Kier alpha value is -2.12. The number of nitrogens with one attached hydrogen (secondary N) is 1. The fraction of sp³-hybridized carbons (Fsp3) is 0.766. The molecule has 1 aromatic carbocycles. The third kappa shape index (κ3) is 22.9. The van der Waals surface area contributed by atoms with Crippen LogP contribution in [0.3, 0.4) is 0 Å². The number of alkyl halides is 3. The Labute approximate surface area is 380 Å². The van der Waals surface area contributed by atoms with Crippen molar-refractivity contribution in [1.29, 1.82) is 0 Å². The van der Waals surface area contributed by atoms with Gasteiger partial charge in [0.15, 0.2) is 18.7 Å². The summed E-state index contributed by atoms with van der Waals surface area (Å²) in [4.78, 5) is 40.4. The van der Waals surface area contributed by atoms with Crippen molar-refractivity contribution in [2.75, 3.05) is 19.8 Å². The topological polar surface area (TPSA) is 128 Å². The minimum absolute atomic E-state index is 0.0499. The Morgan fingerprint density at radius 2 is 1.38 bits per heavy atom. The molecule has 2 heterocycles. The van der Waals surface area contributed by atoms with Gasteiger partial charge in [-0.1, -0.05) is 201 Å². The molecule has 0 spiro atoms. The van der Waals surface area contributed by atoms with Crippen molar-refractivity contribution in [3.05, 3.63) is 48.6 Å². The highest BCUT2D eigenvalue weighted by Gasteiger charge is 2.53. The van der Waals surface area contributed by atoms with Crippen LogP contribution in [0.25, 0.3) is 0 Å². The fourth-order valence-corrected chi connectivity index (χ4v) is 7.89. The zero-order chi connectivity index (χ0) is 44.1. The van der Waals surface area contributed by atoms with Crippen molar-refractivity contribution < 1.29 is 47.5 Å². The van der Waals surface area contributed by atoms with Crippen molar-refractivity contribution in [1.82, 2.24) is 5.32 Å². The number of fused-ring (bicyclic) bond motifs is 1. The number of amides is 1. The van der Waals surface area contributed by atoms with Gasteiger partial charge in [-0.3, -0.25) is 9.59 Å². The molecule has 2 aliphatic heterocycles. The van der Waals surface area contributed by atoms with Crippen LogP contribution in [0.5, 0.6) is 0 Å². The summed E-state index contributed by atoms with van der Waals surface area (Å²) in [6.07, 6.45) is 18.9. The minimum Gasteiger partial charge on any atom is -0.462 e. The lowest BCUT2D eigenvalue weighted by atomic mass is 9.95. The highest BCUT2D eigenvalue weighted by molar-refractivity contribution is 6.67. The number of alkyl carbamates (subject to hydrolysis) is 1. The molecule has 0 aliphatic carbocycles. The summed E-state index contributed by atoms with van der Waals surface area (Å²) >= 11 is 17.6. The molecule has 0 radical (unpaired) electrons. The van der Waals surface area contributed by atoms with Crippen LogP contribution in [-0.4, -0.2) is 78.4 Å². The summed E-state index contributed by atoms with van der Waals surface area (Å²) in [5.74, 6) is -0.951. The number of carbonyl (C=O) groups excluding carboxylic acids is 3. The molecule has 2 aliphatic rings. The van der Waals surface area contributed by atoms with E-state index in [4.69, 9.17) is 68.0 Å². The molecule has 348 valence electrons. The number of rotatable bonds is 32. The second-order valence-electron chi connectivity index (χ2n) is 16.4. The van der Waals surface area contributed by atoms with E-state index in [0.29, 0.717) is 12.8 Å². The summed E-state index contributed by atoms with van der Waals surface area (Å²) in [5, 5.41) is 2.70. The van der Waals surface area contributed by atoms with Gasteiger partial charge in [0.05, 0.1) is 19.6 Å². The van der Waals surface area contributed by atoms with Crippen LogP contribution < -0.4 is 5.32 Å². The Morgan fingerprint density at radius 3 is 1.95 bits per heavy atom. The van der Waals surface area contributed by atoms with E-state index in [1.54, 1.807) is 0 Å². The maximum atomic E-state index is 14.1. The molecule has 61 heavy (non-hydrogen) atoms. The summed E-state index contributed by atoms with van der Waals surface area (Å²) in [6.45, 7) is 7.77. The van der Waals surface area contributed by atoms with Crippen molar-refractivity contribution in [3.8, 4) is 0 Å². The molecule has 1 N–H and O–H groups in total. The van der Waals surface area contributed by atoms with E-state index in [-0.39, 0.29) is 25.6 Å². The third-order valence-electron chi connectivity index (χ3n) is 11.0. The second kappa shape index (κ2) is 31.7. The van der Waals surface area contributed by atoms with Gasteiger partial charge in [0, 0.05) is 12.0 Å². The molecule has 1 aromatic rings. The van der Waals surface area contributed by atoms with Crippen molar-refractivity contribution in [2.45, 2.75) is 208 Å². The number of hydrogen-bond donors (Lipinski definition) is 1. The quantitative estimate of drug-likeness (QED) is 0.0245. The fourth-order valence-electron chi connectivity index (χ4n) is 7.72. The van der Waals surface area contributed by atoms with Gasteiger partial charge >= 0.3 is 18.0 Å². The standard InChI is InChI=1S/C47H74Cl3NO10/c1-4-7-9-11-13-15-16-18-20-22-27-31-39(52)58-37(30-26-21-19-17-14-12-10-8-5-2)33-40(53)60-43-41(51-46(54)57-35-47(48,49)50)45(55-32-6-3)59-38-34-56-44(61-42(38)43)36-28-24-23-25-29-36/h6,23-25,28-29,37-38,41-45H,3-5,7-22,26-27,30-35H2,1-2H3,(H,51,54)/t37-,38?,41?,42-,43-,44?,45+/m1/s1. The first-order valence-electron chi connectivity index (χ1n) is 23.1. The Kier molecular flexibility index (Phi) is 27.6. The monoisotopic (exact) mass is 917 g/mol. The maximum absolute atomic E-state index is 14.1. The first-order chi connectivity index (χ1) is 29.5. The second-order valence-corrected chi connectivity index (χ2v) is 18.9. The average Bonchev–Trinajstić information content (AvgIpc) is 3.24. The van der Waals surface area contributed by atoms with Gasteiger partial charge < -0.3 is 38.5 Å². The van der Waals surface area contributed by atoms with Crippen LogP contribution in [0.2, 0.25) is 0 Å². The zero-order valence-electron chi connectivity index (χ0n) is 36.8. The smallest absolute Gasteiger partial charge is 0.407 e. The summed E-state index contributed by atoms with van der Waals surface area (Å²) in [7, 11) is 0. The van der Waals surface area contributed by atoms with Gasteiger partial charge in [-0.05, 0) is 19.3 Å². The van der Waals surface area contributed by atoms with E-state index in [0.717, 1.165) is 50.5 Å². The molecule has 7 atom stereocenters. The third-order valence-corrected chi connectivity index (χ3v) is 11.3. The maximum Gasteiger partial charge on any atom is 0.407 e. The molecule has 3 unspecified atom stereocenters. The number of ether oxygens (including phenoxy) is 7. The summed E-state index contributed by atoms with van der Waals surface area (Å²) in [6, 6.07) is 8.18. The minimum atomic E-state index is -1.86. The van der Waals surface area contributed by atoms with Crippen molar-refractivity contribution >= 4 is 52.8 Å². The van der Waals surface area contributed by atoms with Crippen LogP contribution >= 0.6 is 34.8 Å². The van der Waals surface area contributed by atoms with E-state index >= 15 is 0 Å². The SMILES string of the molecule is C=CCO[C@H]1OC2COC(c3ccccc3)O[C@H]2[C@H](OC(=O)C[C@@H](CCCCCCCCCCC)OC(=O)CCCCCCCCCCCCC)C1NC(=O)OCC(Cl)(Cl)Cl. The molecule has 1 amide bonds. The summed E-state index contributed by atoms with van der Waals surface area (Å²) < 4.78 is 40.2. The highest BCUT2D eigenvalue weighted by Crippen LogP contribution is 2.36. The Morgan fingerprint density at radius 1 is 0.803 bits per heavy atom. The first kappa shape index (κ1) is 53.2. The Bertz CT molecular complexity index is 1350. The van der Waals surface area contributed by atoms with Crippen LogP contribution in [-0.2, 0) is 42.7 Å². The van der Waals surface area contributed by atoms with E-state index in [1.165, 1.54) is 89.5 Å². The molecule has 14 heteroatoms. The Balaban J connectivity index is 1.71. The van der Waals surface area contributed by atoms with Gasteiger partial charge in [-0.25, -0.2) is 4.79 Å². The van der Waals surface area contributed by atoms with E-state index < -0.39 is 65.5 Å². The van der Waals surface area contributed by atoms with Crippen LogP contribution in [0.4, 0.5) is 4.79 Å². The number of benzene rings is 1. The molecule has 3 rings (SSSR count). The lowest BCUT2D eigenvalue weighted by Crippen LogP contribution is -2.68. The van der Waals surface area contributed by atoms with Crippen LogP contribution in [0.15, 0.2) is 43.0 Å². The lowest BCUT2D eigenvalue weighted by Gasteiger charge is -2.48. The van der Waals surface area contributed by atoms with Crippen molar-refractivity contribution in [2.24, 2.45) is 0 Å². The lowest BCUT2D eigenvalue weighted by molar-refractivity contribution is -0.343.